The number of rotatable bonds is 6. The van der Waals surface area contributed by atoms with Crippen molar-refractivity contribution in [3.05, 3.63) is 84.0 Å². The fourth-order valence-corrected chi connectivity index (χ4v) is 1.72. The molecule has 1 N–H and O–H groups in total. The molecule has 2 rings (SSSR count). The summed E-state index contributed by atoms with van der Waals surface area (Å²) in [6.07, 6.45) is 6.10. The molecule has 0 aliphatic rings. The predicted octanol–water partition coefficient (Wildman–Crippen LogP) is 3.92. The average Bonchev–Trinajstić information content (AvgIpc) is 2.51. The lowest BCUT2D eigenvalue weighted by Crippen LogP contribution is -1.94. The van der Waals surface area contributed by atoms with Crippen molar-refractivity contribution in [1.82, 2.24) is 0 Å². The van der Waals surface area contributed by atoms with Crippen molar-refractivity contribution < 1.29 is 14.6 Å². The molecule has 0 fully saturated rings. The molecule has 106 valence electrons. The molecule has 2 aromatic carbocycles. The van der Waals surface area contributed by atoms with Crippen LogP contribution in [0.25, 0.3) is 6.08 Å². The van der Waals surface area contributed by atoms with E-state index >= 15 is 0 Å². The van der Waals surface area contributed by atoms with Crippen molar-refractivity contribution in [1.29, 1.82) is 0 Å². The molecule has 0 aliphatic heterocycles. The highest BCUT2D eigenvalue weighted by molar-refractivity contribution is 5.80. The van der Waals surface area contributed by atoms with Gasteiger partial charge in [-0.05, 0) is 23.3 Å². The largest absolute Gasteiger partial charge is 0.489 e. The summed E-state index contributed by atoms with van der Waals surface area (Å²) in [4.78, 5) is 10.3. The van der Waals surface area contributed by atoms with Gasteiger partial charge in [-0.3, -0.25) is 0 Å². The van der Waals surface area contributed by atoms with Gasteiger partial charge in [-0.25, -0.2) is 4.79 Å². The van der Waals surface area contributed by atoms with Crippen molar-refractivity contribution in [3.8, 4) is 5.75 Å². The molecular weight excluding hydrogens is 264 g/mol. The second-order valence-electron chi connectivity index (χ2n) is 4.40. The zero-order valence-electron chi connectivity index (χ0n) is 11.5. The minimum atomic E-state index is -0.954. The first-order valence-corrected chi connectivity index (χ1v) is 6.58. The highest BCUT2D eigenvalue weighted by Gasteiger charge is 1.95. The quantitative estimate of drug-likeness (QED) is 0.644. The Labute approximate surface area is 123 Å². The molecule has 3 heteroatoms. The van der Waals surface area contributed by atoms with E-state index in [9.17, 15) is 4.79 Å². The number of benzene rings is 2. The second kappa shape index (κ2) is 7.70. The fraction of sp³-hybridized carbons (Fsp3) is 0.0556. The molecule has 0 atom stereocenters. The maximum absolute atomic E-state index is 10.3. The first-order chi connectivity index (χ1) is 10.2. The molecule has 0 radical (unpaired) electrons. The molecule has 3 nitrogen and oxygen atoms in total. The number of carboxylic acids is 1. The molecule has 21 heavy (non-hydrogen) atoms. The van der Waals surface area contributed by atoms with E-state index in [0.717, 1.165) is 23.0 Å². The van der Waals surface area contributed by atoms with Crippen molar-refractivity contribution >= 4 is 12.0 Å². The molecule has 0 aromatic heterocycles. The van der Waals surface area contributed by atoms with E-state index in [-0.39, 0.29) is 0 Å². The standard InChI is InChI=1S/C18H16O3/c19-18(20)9-5-4-6-15-10-12-17(13-11-15)21-14-16-7-2-1-3-8-16/h1-13H,14H2,(H,19,20). The van der Waals surface area contributed by atoms with E-state index in [0.29, 0.717) is 6.61 Å². The summed E-state index contributed by atoms with van der Waals surface area (Å²) in [5.41, 5.74) is 2.11. The monoisotopic (exact) mass is 280 g/mol. The molecule has 0 heterocycles. The van der Waals surface area contributed by atoms with Gasteiger partial charge in [0.05, 0.1) is 0 Å². The fourth-order valence-electron chi connectivity index (χ4n) is 1.72. The van der Waals surface area contributed by atoms with Gasteiger partial charge in [0.25, 0.3) is 0 Å². The first-order valence-electron chi connectivity index (χ1n) is 6.58. The van der Waals surface area contributed by atoms with Crippen LogP contribution in [0.4, 0.5) is 0 Å². The Kier molecular flexibility index (Phi) is 5.35. The Bertz CT molecular complexity index is 625. The smallest absolute Gasteiger partial charge is 0.328 e. The molecule has 0 unspecified atom stereocenters. The normalized spacial score (nSPS) is 11.0. The number of hydrogen-bond donors (Lipinski definition) is 1. The zero-order chi connectivity index (χ0) is 14.9. The molecule has 0 saturated heterocycles. The molecule has 0 bridgehead atoms. The van der Waals surface area contributed by atoms with Gasteiger partial charge in [-0.2, -0.15) is 0 Å². The first kappa shape index (κ1) is 14.6. The zero-order valence-corrected chi connectivity index (χ0v) is 11.5. The highest BCUT2D eigenvalue weighted by atomic mass is 16.5. The van der Waals surface area contributed by atoms with Gasteiger partial charge in [0, 0.05) is 6.08 Å². The van der Waals surface area contributed by atoms with E-state index in [4.69, 9.17) is 9.84 Å². The van der Waals surface area contributed by atoms with Crippen LogP contribution in [0, 0.1) is 0 Å². The van der Waals surface area contributed by atoms with Crippen LogP contribution in [0.15, 0.2) is 72.8 Å². The lowest BCUT2D eigenvalue weighted by atomic mass is 10.2. The van der Waals surface area contributed by atoms with Crippen LogP contribution in [0.5, 0.6) is 5.75 Å². The minimum absolute atomic E-state index is 0.539. The summed E-state index contributed by atoms with van der Waals surface area (Å²) in [5, 5.41) is 8.46. The number of allylic oxidation sites excluding steroid dienone is 2. The van der Waals surface area contributed by atoms with E-state index < -0.39 is 5.97 Å². The lowest BCUT2D eigenvalue weighted by molar-refractivity contribution is -0.131. The van der Waals surface area contributed by atoms with Crippen LogP contribution < -0.4 is 4.74 Å². The maximum Gasteiger partial charge on any atom is 0.328 e. The van der Waals surface area contributed by atoms with Crippen molar-refractivity contribution in [2.24, 2.45) is 0 Å². The van der Waals surface area contributed by atoms with Crippen LogP contribution in [-0.2, 0) is 11.4 Å². The van der Waals surface area contributed by atoms with E-state index in [2.05, 4.69) is 0 Å². The average molecular weight is 280 g/mol. The van der Waals surface area contributed by atoms with Gasteiger partial charge in [-0.15, -0.1) is 0 Å². The van der Waals surface area contributed by atoms with Crippen LogP contribution in [-0.4, -0.2) is 11.1 Å². The number of carboxylic acid groups (broad SMARTS) is 1. The predicted molar refractivity (Wildman–Crippen MR) is 83.0 cm³/mol. The van der Waals surface area contributed by atoms with E-state index in [1.165, 1.54) is 6.08 Å². The summed E-state index contributed by atoms with van der Waals surface area (Å²) in [6, 6.07) is 17.6. The summed E-state index contributed by atoms with van der Waals surface area (Å²) in [6.45, 7) is 0.539. The van der Waals surface area contributed by atoms with Crippen LogP contribution >= 0.6 is 0 Å². The van der Waals surface area contributed by atoms with Crippen molar-refractivity contribution in [3.63, 3.8) is 0 Å². The van der Waals surface area contributed by atoms with Crippen molar-refractivity contribution in [2.75, 3.05) is 0 Å². The number of carbonyl (C=O) groups is 1. The molecule has 0 spiro atoms. The second-order valence-corrected chi connectivity index (χ2v) is 4.40. The third-order valence-electron chi connectivity index (χ3n) is 2.77. The maximum atomic E-state index is 10.3. The van der Waals surface area contributed by atoms with E-state index in [1.807, 2.05) is 60.7 Å². The van der Waals surface area contributed by atoms with Gasteiger partial charge in [0.1, 0.15) is 12.4 Å². The Morgan fingerprint density at radius 1 is 1.00 bits per heavy atom. The van der Waals surface area contributed by atoms with Crippen molar-refractivity contribution in [2.45, 2.75) is 6.61 Å². The summed E-state index contributed by atoms with van der Waals surface area (Å²) >= 11 is 0. The van der Waals surface area contributed by atoms with Gasteiger partial charge in [0.2, 0.25) is 0 Å². The summed E-state index contributed by atoms with van der Waals surface area (Å²) < 4.78 is 5.69. The summed E-state index contributed by atoms with van der Waals surface area (Å²) in [5.74, 6) is -0.151. The summed E-state index contributed by atoms with van der Waals surface area (Å²) in [7, 11) is 0. The Morgan fingerprint density at radius 3 is 2.38 bits per heavy atom. The lowest BCUT2D eigenvalue weighted by Gasteiger charge is -2.06. The van der Waals surface area contributed by atoms with Crippen LogP contribution in [0.2, 0.25) is 0 Å². The number of hydrogen-bond acceptors (Lipinski definition) is 2. The number of ether oxygens (including phenoxy) is 1. The molecular formula is C18H16O3. The van der Waals surface area contributed by atoms with Gasteiger partial charge in [0.15, 0.2) is 0 Å². The molecule has 0 saturated carbocycles. The van der Waals surface area contributed by atoms with Crippen LogP contribution in [0.3, 0.4) is 0 Å². The van der Waals surface area contributed by atoms with Crippen LogP contribution in [0.1, 0.15) is 11.1 Å². The molecule has 0 amide bonds. The molecule has 0 aliphatic carbocycles. The van der Waals surface area contributed by atoms with Gasteiger partial charge < -0.3 is 9.84 Å². The SMILES string of the molecule is O=C(O)C=CC=Cc1ccc(OCc2ccccc2)cc1. The van der Waals surface area contributed by atoms with Gasteiger partial charge in [-0.1, -0.05) is 60.7 Å². The third kappa shape index (κ3) is 5.37. The highest BCUT2D eigenvalue weighted by Crippen LogP contribution is 2.15. The Morgan fingerprint density at radius 2 is 1.71 bits per heavy atom. The molecule has 2 aromatic rings. The minimum Gasteiger partial charge on any atom is -0.489 e. The van der Waals surface area contributed by atoms with E-state index in [1.54, 1.807) is 6.08 Å². The van der Waals surface area contributed by atoms with Gasteiger partial charge >= 0.3 is 5.97 Å². The topological polar surface area (TPSA) is 46.5 Å². The Balaban J connectivity index is 1.88. The number of aliphatic carboxylic acids is 1. The Hall–Kier alpha value is -2.81. The third-order valence-corrected chi connectivity index (χ3v) is 2.77.